The number of amides is 5. The molecule has 66 heavy (non-hydrogen) atoms. The van der Waals surface area contributed by atoms with Crippen LogP contribution < -0.4 is 32.3 Å². The quantitative estimate of drug-likeness (QED) is 0.0273. The topological polar surface area (TPSA) is 419 Å². The minimum atomic E-state index is -1.55. The Bertz CT molecular complexity index is 1640. The number of nitrogens with one attached hydrogen (secondary N) is 5. The van der Waals surface area contributed by atoms with E-state index in [0.717, 1.165) is 14.2 Å². The van der Waals surface area contributed by atoms with Gasteiger partial charge in [0.1, 0.15) is 30.2 Å². The minimum Gasteiger partial charge on any atom is -0.870 e. The summed E-state index contributed by atoms with van der Waals surface area (Å²) >= 11 is 0. The van der Waals surface area contributed by atoms with Crippen molar-refractivity contribution in [1.82, 2.24) is 26.6 Å². The van der Waals surface area contributed by atoms with Crippen LogP contribution in [0.4, 0.5) is 0 Å². The molecule has 26 heteroatoms. The van der Waals surface area contributed by atoms with Crippen molar-refractivity contribution < 1.29 is 97.3 Å². The second kappa shape index (κ2) is 40.5. The molecule has 0 saturated carbocycles. The summed E-state index contributed by atoms with van der Waals surface area (Å²) in [4.78, 5) is 134. The SMILES string of the molecule is C=CCC(N)C(=O)NC(CC(=O)OC)C(=O)OC.C=CCC(NC(=O)CC)C(=O)NC(CC(=O)O)C(=O)O.C=CCC(NC(=O)CC)C(=O)NC(CC(=O)OC)C(=O)OC.CCC(=O)O.[OH-]. The van der Waals surface area contributed by atoms with Gasteiger partial charge in [0, 0.05) is 19.3 Å². The summed E-state index contributed by atoms with van der Waals surface area (Å²) in [6, 6.07) is -6.52. The molecule has 0 spiro atoms. The first kappa shape index (κ1) is 67.8. The van der Waals surface area contributed by atoms with Crippen molar-refractivity contribution in [2.24, 2.45) is 5.73 Å². The van der Waals surface area contributed by atoms with Crippen LogP contribution >= 0.6 is 0 Å². The largest absolute Gasteiger partial charge is 0.870 e. The number of hydrogen-bond acceptors (Lipinski definition) is 18. The Balaban J connectivity index is -0.000000266. The van der Waals surface area contributed by atoms with Gasteiger partial charge in [0.2, 0.25) is 29.5 Å². The van der Waals surface area contributed by atoms with E-state index >= 15 is 0 Å². The van der Waals surface area contributed by atoms with E-state index in [4.69, 9.17) is 21.1 Å². The van der Waals surface area contributed by atoms with Crippen LogP contribution in [0.15, 0.2) is 38.0 Å². The fourth-order valence-electron chi connectivity index (χ4n) is 4.04. The first-order chi connectivity index (χ1) is 30.4. The van der Waals surface area contributed by atoms with E-state index in [0.29, 0.717) is 0 Å². The molecule has 6 atom stereocenters. The van der Waals surface area contributed by atoms with E-state index in [2.05, 4.69) is 65.3 Å². The van der Waals surface area contributed by atoms with Gasteiger partial charge >= 0.3 is 41.8 Å². The van der Waals surface area contributed by atoms with E-state index in [-0.39, 0.29) is 68.7 Å². The first-order valence-corrected chi connectivity index (χ1v) is 19.5. The van der Waals surface area contributed by atoms with Crippen LogP contribution in [-0.4, -0.2) is 157 Å². The molecule has 5 amide bonds. The molecule has 0 aromatic heterocycles. The minimum absolute atomic E-state index is 0. The fraction of sp³-hybridized carbons (Fsp3) is 0.550. The normalized spacial score (nSPS) is 12.2. The first-order valence-electron chi connectivity index (χ1n) is 19.5. The molecule has 0 bridgehead atoms. The van der Waals surface area contributed by atoms with Crippen molar-refractivity contribution in [2.75, 3.05) is 28.4 Å². The molecule has 0 aromatic carbocycles. The molecule has 376 valence electrons. The maximum absolute atomic E-state index is 12.2. The van der Waals surface area contributed by atoms with Crippen molar-refractivity contribution in [1.29, 1.82) is 0 Å². The highest BCUT2D eigenvalue weighted by molar-refractivity contribution is 5.93. The lowest BCUT2D eigenvalue weighted by Crippen LogP contribution is -2.52. The Labute approximate surface area is 381 Å². The third-order valence-electron chi connectivity index (χ3n) is 7.60. The van der Waals surface area contributed by atoms with Crippen molar-refractivity contribution in [2.45, 2.75) is 115 Å². The zero-order chi connectivity index (χ0) is 51.2. The van der Waals surface area contributed by atoms with Gasteiger partial charge in [-0.1, -0.05) is 39.0 Å². The van der Waals surface area contributed by atoms with Crippen molar-refractivity contribution in [3.63, 3.8) is 0 Å². The van der Waals surface area contributed by atoms with Gasteiger partial charge in [-0.25, -0.2) is 14.4 Å². The summed E-state index contributed by atoms with van der Waals surface area (Å²) in [5.41, 5.74) is 5.53. The van der Waals surface area contributed by atoms with Gasteiger partial charge in [-0.3, -0.25) is 43.2 Å². The number of nitrogens with two attached hydrogens (primary N) is 1. The third kappa shape index (κ3) is 34.3. The highest BCUT2D eigenvalue weighted by atomic mass is 16.5. The van der Waals surface area contributed by atoms with Gasteiger partial charge in [0.25, 0.3) is 0 Å². The Morgan fingerprint density at radius 1 is 0.485 bits per heavy atom. The van der Waals surface area contributed by atoms with Gasteiger partial charge in [0.05, 0.1) is 53.7 Å². The van der Waals surface area contributed by atoms with Gasteiger partial charge in [0.15, 0.2) is 0 Å². The molecule has 0 heterocycles. The molecular weight excluding hydrogens is 884 g/mol. The molecule has 0 aliphatic heterocycles. The summed E-state index contributed by atoms with van der Waals surface area (Å²) in [6.45, 7) is 15.2. The average molecular weight is 950 g/mol. The van der Waals surface area contributed by atoms with Crippen molar-refractivity contribution >= 4 is 71.3 Å². The molecule has 0 aliphatic rings. The molecule has 0 fully saturated rings. The van der Waals surface area contributed by atoms with Gasteiger partial charge < -0.3 is 72.1 Å². The molecule has 11 N–H and O–H groups in total. The zero-order valence-corrected chi connectivity index (χ0v) is 38.1. The number of methoxy groups -OCH3 is 4. The van der Waals surface area contributed by atoms with E-state index in [9.17, 15) is 57.5 Å². The lowest BCUT2D eigenvalue weighted by atomic mass is 10.1. The lowest BCUT2D eigenvalue weighted by molar-refractivity contribution is -0.151. The predicted octanol–water partition coefficient (Wildman–Crippen LogP) is -1.41. The number of rotatable bonds is 26. The van der Waals surface area contributed by atoms with Crippen LogP contribution in [0.2, 0.25) is 0 Å². The molecule has 0 aromatic rings. The number of esters is 4. The zero-order valence-electron chi connectivity index (χ0n) is 38.1. The predicted molar refractivity (Wildman–Crippen MR) is 230 cm³/mol. The molecule has 0 rings (SSSR count). The summed E-state index contributed by atoms with van der Waals surface area (Å²) in [6.07, 6.45) is 4.08. The number of carboxylic acid groups (broad SMARTS) is 3. The Hall–Kier alpha value is -7.22. The highest BCUT2D eigenvalue weighted by Gasteiger charge is 2.30. The van der Waals surface area contributed by atoms with E-state index in [1.54, 1.807) is 20.8 Å². The third-order valence-corrected chi connectivity index (χ3v) is 7.60. The van der Waals surface area contributed by atoms with Crippen molar-refractivity contribution in [3.05, 3.63) is 38.0 Å². The van der Waals surface area contributed by atoms with Crippen LogP contribution in [0.5, 0.6) is 0 Å². The lowest BCUT2D eigenvalue weighted by Gasteiger charge is -2.20. The Morgan fingerprint density at radius 2 is 0.818 bits per heavy atom. The highest BCUT2D eigenvalue weighted by Crippen LogP contribution is 2.03. The number of carbonyl (C=O) groups is 12. The summed E-state index contributed by atoms with van der Waals surface area (Å²) < 4.78 is 17.9. The van der Waals surface area contributed by atoms with E-state index < -0.39 is 102 Å². The molecule has 26 nitrogen and oxygen atoms in total. The molecule has 0 aliphatic carbocycles. The average Bonchev–Trinajstić information content (AvgIpc) is 3.27. The number of ether oxygens (including phenoxy) is 4. The smallest absolute Gasteiger partial charge is 0.328 e. The number of carboxylic acids is 3. The maximum atomic E-state index is 12.2. The van der Waals surface area contributed by atoms with Crippen LogP contribution in [0.25, 0.3) is 0 Å². The summed E-state index contributed by atoms with van der Waals surface area (Å²) in [5.74, 6) is -9.01. The number of aliphatic carboxylic acids is 3. The monoisotopic (exact) mass is 949 g/mol. The summed E-state index contributed by atoms with van der Waals surface area (Å²) in [7, 11) is 4.64. The van der Waals surface area contributed by atoms with Gasteiger partial charge in [-0.2, -0.15) is 0 Å². The molecular formula is C40H65N6O20-. The second-order valence-electron chi connectivity index (χ2n) is 12.6. The number of carbonyl (C=O) groups excluding carboxylic acids is 9. The Kier molecular flexibility index (Phi) is 41.7. The molecule has 0 radical (unpaired) electrons. The summed E-state index contributed by atoms with van der Waals surface area (Å²) in [5, 5.41) is 36.8. The van der Waals surface area contributed by atoms with Crippen LogP contribution in [0.1, 0.15) is 78.6 Å². The van der Waals surface area contributed by atoms with E-state index in [1.165, 1.54) is 32.4 Å². The Morgan fingerprint density at radius 3 is 1.08 bits per heavy atom. The fourth-order valence-corrected chi connectivity index (χ4v) is 4.04. The van der Waals surface area contributed by atoms with Crippen LogP contribution in [-0.2, 0) is 76.5 Å². The van der Waals surface area contributed by atoms with Crippen LogP contribution in [0, 0.1) is 0 Å². The van der Waals surface area contributed by atoms with Gasteiger partial charge in [-0.15, -0.1) is 19.7 Å². The molecule has 6 unspecified atom stereocenters. The maximum Gasteiger partial charge on any atom is 0.328 e. The molecule has 0 saturated heterocycles. The van der Waals surface area contributed by atoms with E-state index in [1.807, 2.05) is 0 Å². The second-order valence-corrected chi connectivity index (χ2v) is 12.6. The van der Waals surface area contributed by atoms with Crippen LogP contribution in [0.3, 0.4) is 0 Å². The van der Waals surface area contributed by atoms with Gasteiger partial charge in [-0.05, 0) is 19.3 Å². The standard InChI is InChI=1S/C14H22N2O6.C12H18N2O6.C11H18N2O5.C3H6O2.H2O/c1-5-7-9(15-11(17)6-2)13(19)16-10(14(20)22-4)8-12(18)21-3;1-3-5-7(13-9(15)4-2)11(18)14-8(12(19)20)6-10(16)17;1-4-5-7(12)10(15)13-8(11(16)18-3)6-9(14)17-2;1-2-3(4)5;/h5,9-10H,1,6-8H2,2-4H3,(H,15,17)(H,16,19);3,7-8H,1,4-6H2,2H3,(H,13,15)(H,14,18)(H,16,17)(H,19,20);4,7-8H,1,5-6,12H2,2-3H3,(H,13,15);2H2,1H3,(H,4,5);1H2/p-1. The van der Waals surface area contributed by atoms with Crippen molar-refractivity contribution in [3.8, 4) is 0 Å². The number of hydrogen-bond donors (Lipinski definition) is 9.